The van der Waals surface area contributed by atoms with E-state index >= 15 is 0 Å². The van der Waals surface area contributed by atoms with Gasteiger partial charge < -0.3 is 10.1 Å². The summed E-state index contributed by atoms with van der Waals surface area (Å²) in [4.78, 5) is 0. The molecule has 0 amide bonds. The lowest BCUT2D eigenvalue weighted by Gasteiger charge is -2.31. The van der Waals surface area contributed by atoms with Crippen LogP contribution in [0.15, 0.2) is 12.3 Å². The highest BCUT2D eigenvalue weighted by Gasteiger charge is 2.23. The topological polar surface area (TPSA) is 21.3 Å². The minimum absolute atomic E-state index is 0.399. The molecule has 1 saturated heterocycles. The quantitative estimate of drug-likeness (QED) is 0.722. The van der Waals surface area contributed by atoms with Crippen LogP contribution in [0.25, 0.3) is 0 Å². The summed E-state index contributed by atoms with van der Waals surface area (Å²) < 4.78 is 5.73. The maximum atomic E-state index is 5.73. The van der Waals surface area contributed by atoms with Crippen molar-refractivity contribution < 1.29 is 4.74 Å². The monoisotopic (exact) mass is 183 g/mol. The van der Waals surface area contributed by atoms with Crippen molar-refractivity contribution in [2.75, 3.05) is 13.2 Å². The third-order valence-electron chi connectivity index (χ3n) is 2.71. The van der Waals surface area contributed by atoms with Gasteiger partial charge in [-0.15, -0.1) is 0 Å². The highest BCUT2D eigenvalue weighted by Crippen LogP contribution is 2.23. The minimum Gasteiger partial charge on any atom is -0.386 e. The Bertz CT molecular complexity index is 167. The van der Waals surface area contributed by atoms with Crippen LogP contribution in [-0.2, 0) is 4.74 Å². The first kappa shape index (κ1) is 10.6. The molecule has 2 heteroatoms. The first-order valence-electron chi connectivity index (χ1n) is 5.25. The second-order valence-corrected chi connectivity index (χ2v) is 3.88. The second-order valence-electron chi connectivity index (χ2n) is 3.88. The molecule has 13 heavy (non-hydrogen) atoms. The van der Waals surface area contributed by atoms with E-state index in [2.05, 4.69) is 18.8 Å². The smallest absolute Gasteiger partial charge is 0.0775 e. The molecule has 0 aromatic heterocycles. The number of nitrogens with one attached hydrogen (secondary N) is 1. The maximum Gasteiger partial charge on any atom is 0.0775 e. The van der Waals surface area contributed by atoms with Gasteiger partial charge in [-0.2, -0.15) is 0 Å². The van der Waals surface area contributed by atoms with E-state index in [9.17, 15) is 0 Å². The van der Waals surface area contributed by atoms with E-state index in [1.165, 1.54) is 19.3 Å². The molecule has 0 spiro atoms. The first-order valence-corrected chi connectivity index (χ1v) is 5.25. The number of ether oxygens (including phenoxy) is 1. The summed E-state index contributed by atoms with van der Waals surface area (Å²) in [6.45, 7) is 9.91. The fraction of sp³-hybridized carbons (Fsp3) is 0.818. The maximum absolute atomic E-state index is 5.73. The Kier molecular flexibility index (Phi) is 4.29. The molecular formula is C11H21NO. The lowest BCUT2D eigenvalue weighted by atomic mass is 9.92. The molecule has 1 aliphatic heterocycles. The van der Waals surface area contributed by atoms with Gasteiger partial charge in [-0.05, 0) is 25.7 Å². The minimum atomic E-state index is 0.399. The van der Waals surface area contributed by atoms with E-state index < -0.39 is 0 Å². The standard InChI is InChI=1S/C11H21NO/c1-4-10-6-5-7-13-11(10)8-12-9(2)3/h10-12H,2,4-8H2,1,3H3. The zero-order valence-electron chi connectivity index (χ0n) is 8.81. The largest absolute Gasteiger partial charge is 0.386 e. The van der Waals surface area contributed by atoms with Crippen molar-refractivity contribution in [1.29, 1.82) is 0 Å². The average molecular weight is 183 g/mol. The summed E-state index contributed by atoms with van der Waals surface area (Å²) in [5.41, 5.74) is 1.03. The Balaban J connectivity index is 2.31. The predicted octanol–water partition coefficient (Wildman–Crippen LogP) is 2.31. The Morgan fingerprint density at radius 2 is 2.38 bits per heavy atom. The second kappa shape index (κ2) is 5.28. The zero-order valence-corrected chi connectivity index (χ0v) is 8.81. The van der Waals surface area contributed by atoms with E-state index in [-0.39, 0.29) is 0 Å². The molecule has 1 fully saturated rings. The van der Waals surface area contributed by atoms with Crippen molar-refractivity contribution >= 4 is 0 Å². The Morgan fingerprint density at radius 1 is 1.62 bits per heavy atom. The summed E-state index contributed by atoms with van der Waals surface area (Å²) in [6, 6.07) is 0. The van der Waals surface area contributed by atoms with Crippen LogP contribution in [0.4, 0.5) is 0 Å². The molecule has 0 bridgehead atoms. The van der Waals surface area contributed by atoms with Gasteiger partial charge in [-0.3, -0.25) is 0 Å². The van der Waals surface area contributed by atoms with Crippen molar-refractivity contribution in [1.82, 2.24) is 5.32 Å². The Morgan fingerprint density at radius 3 is 3.00 bits per heavy atom. The highest BCUT2D eigenvalue weighted by atomic mass is 16.5. The van der Waals surface area contributed by atoms with E-state index in [4.69, 9.17) is 4.74 Å². The average Bonchev–Trinajstić information content (AvgIpc) is 2.15. The number of allylic oxidation sites excluding steroid dienone is 1. The SMILES string of the molecule is C=C(C)NCC1OCCCC1CC. The van der Waals surface area contributed by atoms with Gasteiger partial charge in [0.25, 0.3) is 0 Å². The third kappa shape index (κ3) is 3.39. The molecule has 0 aromatic carbocycles. The fourth-order valence-electron chi connectivity index (χ4n) is 1.87. The van der Waals surface area contributed by atoms with Crippen LogP contribution < -0.4 is 5.32 Å². The van der Waals surface area contributed by atoms with Crippen LogP contribution >= 0.6 is 0 Å². The summed E-state index contributed by atoms with van der Waals surface area (Å²) in [5, 5.41) is 3.26. The number of hydrogen-bond acceptors (Lipinski definition) is 2. The lowest BCUT2D eigenvalue weighted by molar-refractivity contribution is -0.0247. The van der Waals surface area contributed by atoms with Crippen LogP contribution in [0.1, 0.15) is 33.1 Å². The van der Waals surface area contributed by atoms with E-state index in [0.717, 1.165) is 24.8 Å². The van der Waals surface area contributed by atoms with Crippen molar-refractivity contribution in [2.45, 2.75) is 39.2 Å². The number of rotatable bonds is 4. The summed E-state index contributed by atoms with van der Waals surface area (Å²) in [7, 11) is 0. The zero-order chi connectivity index (χ0) is 9.68. The van der Waals surface area contributed by atoms with E-state index in [1.54, 1.807) is 0 Å². The van der Waals surface area contributed by atoms with Crippen molar-refractivity contribution in [3.05, 3.63) is 12.3 Å². The van der Waals surface area contributed by atoms with Gasteiger partial charge in [0.05, 0.1) is 6.10 Å². The van der Waals surface area contributed by atoms with Crippen LogP contribution in [0.5, 0.6) is 0 Å². The van der Waals surface area contributed by atoms with E-state index in [0.29, 0.717) is 6.10 Å². The molecule has 0 aliphatic carbocycles. The third-order valence-corrected chi connectivity index (χ3v) is 2.71. The summed E-state index contributed by atoms with van der Waals surface area (Å²) in [6.07, 6.45) is 4.17. The van der Waals surface area contributed by atoms with Crippen molar-refractivity contribution in [3.63, 3.8) is 0 Å². The van der Waals surface area contributed by atoms with Gasteiger partial charge in [0.1, 0.15) is 0 Å². The molecule has 2 atom stereocenters. The van der Waals surface area contributed by atoms with Gasteiger partial charge in [-0.1, -0.05) is 19.9 Å². The van der Waals surface area contributed by atoms with Gasteiger partial charge in [0.2, 0.25) is 0 Å². The molecule has 1 rings (SSSR count). The fourth-order valence-corrected chi connectivity index (χ4v) is 1.87. The Labute approximate surface area is 81.4 Å². The van der Waals surface area contributed by atoms with Crippen LogP contribution in [0.3, 0.4) is 0 Å². The highest BCUT2D eigenvalue weighted by molar-refractivity contribution is 4.87. The molecule has 2 unspecified atom stereocenters. The molecule has 0 aromatic rings. The number of hydrogen-bond donors (Lipinski definition) is 1. The van der Waals surface area contributed by atoms with Gasteiger partial charge >= 0.3 is 0 Å². The molecular weight excluding hydrogens is 162 g/mol. The molecule has 0 saturated carbocycles. The van der Waals surface area contributed by atoms with Gasteiger partial charge in [0, 0.05) is 18.8 Å². The Hall–Kier alpha value is -0.500. The molecule has 1 aliphatic rings. The van der Waals surface area contributed by atoms with Gasteiger partial charge in [-0.25, -0.2) is 0 Å². The molecule has 0 radical (unpaired) electrons. The lowest BCUT2D eigenvalue weighted by Crippen LogP contribution is -2.37. The molecule has 1 N–H and O–H groups in total. The molecule has 1 heterocycles. The molecule has 76 valence electrons. The van der Waals surface area contributed by atoms with Crippen molar-refractivity contribution in [3.8, 4) is 0 Å². The van der Waals surface area contributed by atoms with Crippen LogP contribution in [-0.4, -0.2) is 19.3 Å². The summed E-state index contributed by atoms with van der Waals surface area (Å²) >= 11 is 0. The normalized spacial score (nSPS) is 28.5. The van der Waals surface area contributed by atoms with Gasteiger partial charge in [0.15, 0.2) is 0 Å². The molecule has 2 nitrogen and oxygen atoms in total. The van der Waals surface area contributed by atoms with E-state index in [1.807, 2.05) is 6.92 Å². The van der Waals surface area contributed by atoms with Crippen LogP contribution in [0, 0.1) is 5.92 Å². The van der Waals surface area contributed by atoms with Crippen molar-refractivity contribution in [2.24, 2.45) is 5.92 Å². The predicted molar refractivity (Wildman–Crippen MR) is 55.6 cm³/mol. The van der Waals surface area contributed by atoms with Crippen LogP contribution in [0.2, 0.25) is 0 Å². The first-order chi connectivity index (χ1) is 6.24. The summed E-state index contributed by atoms with van der Waals surface area (Å²) in [5.74, 6) is 0.737.